The summed E-state index contributed by atoms with van der Waals surface area (Å²) in [6, 6.07) is 16.1. The largest absolute Gasteiger partial charge is 0.491 e. The first-order valence-corrected chi connectivity index (χ1v) is 9.02. The van der Waals surface area contributed by atoms with Gasteiger partial charge in [0.2, 0.25) is 0 Å². The molecule has 2 rings (SSSR count). The van der Waals surface area contributed by atoms with Gasteiger partial charge in [0.05, 0.1) is 6.54 Å². The van der Waals surface area contributed by atoms with E-state index in [1.165, 1.54) is 5.56 Å². The minimum atomic E-state index is -0.627. The third kappa shape index (κ3) is 7.15. The molecule has 0 radical (unpaired) electrons. The molecule has 3 N–H and O–H groups in total. The molecule has 2 aromatic carbocycles. The summed E-state index contributed by atoms with van der Waals surface area (Å²) in [6.45, 7) is 8.04. The van der Waals surface area contributed by atoms with Gasteiger partial charge in [-0.1, -0.05) is 42.0 Å². The number of aliphatic hydroxyl groups excluding tert-OH is 1. The highest BCUT2D eigenvalue weighted by Crippen LogP contribution is 2.12. The lowest BCUT2D eigenvalue weighted by atomic mass is 10.1. The van der Waals surface area contributed by atoms with Crippen molar-refractivity contribution in [3.8, 4) is 5.75 Å². The van der Waals surface area contributed by atoms with E-state index in [0.29, 0.717) is 19.0 Å². The van der Waals surface area contributed by atoms with Gasteiger partial charge in [-0.2, -0.15) is 0 Å². The van der Waals surface area contributed by atoms with Crippen LogP contribution in [0, 0.1) is 13.8 Å². The van der Waals surface area contributed by atoms with Crippen molar-refractivity contribution in [3.05, 3.63) is 65.2 Å². The van der Waals surface area contributed by atoms with Gasteiger partial charge in [-0.3, -0.25) is 0 Å². The fourth-order valence-electron chi connectivity index (χ4n) is 2.49. The molecule has 2 aromatic rings. The molecular weight excluding hydrogens is 326 g/mol. The number of nitrogens with zero attached hydrogens (tertiary/aromatic N) is 1. The Morgan fingerprint density at radius 3 is 2.50 bits per heavy atom. The maximum atomic E-state index is 10.1. The van der Waals surface area contributed by atoms with Crippen molar-refractivity contribution in [2.75, 3.05) is 19.7 Å². The molecular formula is C21H29N3O2. The molecule has 0 bridgehead atoms. The number of nitrogens with one attached hydrogen (secondary N) is 2. The summed E-state index contributed by atoms with van der Waals surface area (Å²) in [6.07, 6.45) is -0.627. The molecule has 1 atom stereocenters. The molecule has 0 aliphatic carbocycles. The number of rotatable bonds is 8. The van der Waals surface area contributed by atoms with Crippen molar-refractivity contribution >= 4 is 5.96 Å². The predicted octanol–water partition coefficient (Wildman–Crippen LogP) is 2.80. The Morgan fingerprint density at radius 1 is 1.08 bits per heavy atom. The average Bonchev–Trinajstić information content (AvgIpc) is 2.62. The molecule has 0 saturated carbocycles. The molecule has 0 aromatic heterocycles. The Hall–Kier alpha value is -2.53. The lowest BCUT2D eigenvalue weighted by Crippen LogP contribution is -2.42. The molecule has 0 aliphatic rings. The number of aliphatic hydroxyl groups is 1. The minimum Gasteiger partial charge on any atom is -0.491 e. The van der Waals surface area contributed by atoms with Gasteiger partial charge >= 0.3 is 0 Å². The van der Waals surface area contributed by atoms with Crippen molar-refractivity contribution < 1.29 is 9.84 Å². The van der Waals surface area contributed by atoms with Crippen LogP contribution in [0.25, 0.3) is 0 Å². The number of hydrogen-bond donors (Lipinski definition) is 3. The maximum absolute atomic E-state index is 10.1. The van der Waals surface area contributed by atoms with E-state index in [-0.39, 0.29) is 6.61 Å². The van der Waals surface area contributed by atoms with E-state index in [1.807, 2.05) is 44.2 Å². The van der Waals surface area contributed by atoms with Gasteiger partial charge in [0.1, 0.15) is 18.5 Å². The lowest BCUT2D eigenvalue weighted by Gasteiger charge is -2.16. The summed E-state index contributed by atoms with van der Waals surface area (Å²) >= 11 is 0. The smallest absolute Gasteiger partial charge is 0.191 e. The highest BCUT2D eigenvalue weighted by atomic mass is 16.5. The van der Waals surface area contributed by atoms with Crippen LogP contribution in [0.5, 0.6) is 5.75 Å². The van der Waals surface area contributed by atoms with Crippen LogP contribution < -0.4 is 15.4 Å². The first-order valence-electron chi connectivity index (χ1n) is 9.02. The predicted molar refractivity (Wildman–Crippen MR) is 107 cm³/mol. The molecule has 5 heteroatoms. The summed E-state index contributed by atoms with van der Waals surface area (Å²) in [7, 11) is 0. The number of ether oxygens (including phenoxy) is 1. The van der Waals surface area contributed by atoms with Crippen LogP contribution in [0.1, 0.15) is 23.6 Å². The van der Waals surface area contributed by atoms with Gasteiger partial charge in [-0.05, 0) is 44.0 Å². The fraction of sp³-hybridized carbons (Fsp3) is 0.381. The molecule has 26 heavy (non-hydrogen) atoms. The molecule has 140 valence electrons. The number of benzene rings is 2. The number of hydrogen-bond acceptors (Lipinski definition) is 3. The first-order chi connectivity index (χ1) is 12.6. The van der Waals surface area contributed by atoms with Crippen molar-refractivity contribution in [3.63, 3.8) is 0 Å². The van der Waals surface area contributed by atoms with Gasteiger partial charge in [0, 0.05) is 13.1 Å². The van der Waals surface area contributed by atoms with Gasteiger partial charge in [-0.15, -0.1) is 0 Å². The second kappa shape index (κ2) is 10.5. The average molecular weight is 355 g/mol. The molecule has 0 saturated heterocycles. The maximum Gasteiger partial charge on any atom is 0.191 e. The van der Waals surface area contributed by atoms with Crippen LogP contribution in [0.2, 0.25) is 0 Å². The van der Waals surface area contributed by atoms with Crippen LogP contribution in [-0.4, -0.2) is 36.9 Å². The van der Waals surface area contributed by atoms with E-state index >= 15 is 0 Å². The van der Waals surface area contributed by atoms with Crippen molar-refractivity contribution in [2.24, 2.45) is 4.99 Å². The second-order valence-electron chi connectivity index (χ2n) is 6.35. The Morgan fingerprint density at radius 2 is 1.81 bits per heavy atom. The van der Waals surface area contributed by atoms with E-state index in [2.05, 4.69) is 40.7 Å². The number of guanidine groups is 1. The first kappa shape index (κ1) is 19.8. The van der Waals surface area contributed by atoms with Crippen molar-refractivity contribution in [1.82, 2.24) is 10.6 Å². The Labute approximate surface area is 156 Å². The molecule has 1 unspecified atom stereocenters. The topological polar surface area (TPSA) is 65.9 Å². The summed E-state index contributed by atoms with van der Waals surface area (Å²) in [5, 5.41) is 16.5. The van der Waals surface area contributed by atoms with E-state index < -0.39 is 6.10 Å². The van der Waals surface area contributed by atoms with E-state index in [4.69, 9.17) is 4.74 Å². The van der Waals surface area contributed by atoms with Crippen LogP contribution in [0.4, 0.5) is 0 Å². The van der Waals surface area contributed by atoms with Gasteiger partial charge in [0.15, 0.2) is 5.96 Å². The van der Waals surface area contributed by atoms with Crippen LogP contribution in [0.15, 0.2) is 53.5 Å². The zero-order chi connectivity index (χ0) is 18.8. The van der Waals surface area contributed by atoms with E-state index in [1.54, 1.807) is 0 Å². The third-order valence-electron chi connectivity index (χ3n) is 3.78. The SMILES string of the molecule is CCNC(=NCc1cccc(C)c1)NCC(O)COc1cccc(C)c1. The molecule has 0 aliphatic heterocycles. The normalized spacial score (nSPS) is 12.5. The molecule has 5 nitrogen and oxygen atoms in total. The number of aryl methyl sites for hydroxylation is 2. The standard InChI is InChI=1S/C21H29N3O2/c1-4-22-21(23-13-18-9-5-7-16(2)11-18)24-14-19(25)15-26-20-10-6-8-17(3)12-20/h5-12,19,25H,4,13-15H2,1-3H3,(H2,22,23,24). The molecule has 0 heterocycles. The second-order valence-corrected chi connectivity index (χ2v) is 6.35. The molecule has 0 fully saturated rings. The van der Waals surface area contributed by atoms with Gasteiger partial charge in [-0.25, -0.2) is 4.99 Å². The third-order valence-corrected chi connectivity index (χ3v) is 3.78. The highest BCUT2D eigenvalue weighted by molar-refractivity contribution is 5.79. The Balaban J connectivity index is 1.81. The summed E-state index contributed by atoms with van der Waals surface area (Å²) in [5.74, 6) is 1.45. The minimum absolute atomic E-state index is 0.230. The Kier molecular flexibility index (Phi) is 7.96. The van der Waals surface area contributed by atoms with Crippen LogP contribution >= 0.6 is 0 Å². The summed E-state index contributed by atoms with van der Waals surface area (Å²) < 4.78 is 5.63. The highest BCUT2D eigenvalue weighted by Gasteiger charge is 2.07. The monoisotopic (exact) mass is 355 g/mol. The summed E-state index contributed by atoms with van der Waals surface area (Å²) in [4.78, 5) is 4.57. The van der Waals surface area contributed by atoms with E-state index in [0.717, 1.165) is 23.4 Å². The van der Waals surface area contributed by atoms with Crippen molar-refractivity contribution in [1.29, 1.82) is 0 Å². The van der Waals surface area contributed by atoms with Gasteiger partial charge < -0.3 is 20.5 Å². The zero-order valence-electron chi connectivity index (χ0n) is 15.8. The fourth-order valence-corrected chi connectivity index (χ4v) is 2.49. The zero-order valence-corrected chi connectivity index (χ0v) is 15.8. The molecule has 0 amide bonds. The van der Waals surface area contributed by atoms with Crippen LogP contribution in [0.3, 0.4) is 0 Å². The quantitative estimate of drug-likeness (QED) is 0.503. The number of aliphatic imine (C=N–C) groups is 1. The van der Waals surface area contributed by atoms with E-state index in [9.17, 15) is 5.11 Å². The van der Waals surface area contributed by atoms with Crippen molar-refractivity contribution in [2.45, 2.75) is 33.4 Å². The Bertz CT molecular complexity index is 716. The van der Waals surface area contributed by atoms with Crippen LogP contribution in [-0.2, 0) is 6.54 Å². The summed E-state index contributed by atoms with van der Waals surface area (Å²) in [5.41, 5.74) is 3.51. The lowest BCUT2D eigenvalue weighted by molar-refractivity contribution is 0.110. The molecule has 0 spiro atoms. The van der Waals surface area contributed by atoms with Gasteiger partial charge in [0.25, 0.3) is 0 Å².